The minimum Gasteiger partial charge on any atom is -0.462 e. The zero-order valence-corrected chi connectivity index (χ0v) is 35.5. The monoisotopic (exact) mass is 799 g/mol. The first-order valence-corrected chi connectivity index (χ1v) is 23.1. The molecule has 55 heavy (non-hydrogen) atoms. The molecule has 0 amide bonds. The third-order valence-corrected chi connectivity index (χ3v) is 10.0. The smallest absolute Gasteiger partial charge is 0.462 e. The van der Waals surface area contributed by atoms with Crippen LogP contribution in [-0.4, -0.2) is 65.7 Å². The molecule has 0 aromatic carbocycles. The predicted octanol–water partition coefficient (Wildman–Crippen LogP) is 11.3. The second kappa shape index (κ2) is 40.1. The highest BCUT2D eigenvalue weighted by Crippen LogP contribution is 2.43. The zero-order chi connectivity index (χ0) is 40.5. The Bertz CT molecular complexity index is 1060. The number of rotatable bonds is 40. The lowest BCUT2D eigenvalue weighted by atomic mass is 10.0. The number of ether oxygens (including phenoxy) is 2. The number of carbonyl (C=O) groups excluding carboxylic acids is 2. The van der Waals surface area contributed by atoms with Crippen LogP contribution in [-0.2, 0) is 32.7 Å². The lowest BCUT2D eigenvalue weighted by molar-refractivity contribution is -0.161. The summed E-state index contributed by atoms with van der Waals surface area (Å²) in [5.74, 6) is -0.949. The van der Waals surface area contributed by atoms with Gasteiger partial charge in [-0.3, -0.25) is 18.6 Å². The number of phosphoric acid groups is 1. The number of unbranched alkanes of at least 4 members (excludes halogenated alkanes) is 21. The molecule has 0 aliphatic heterocycles. The number of allylic oxidation sites excluding steroid dienone is 8. The summed E-state index contributed by atoms with van der Waals surface area (Å²) in [4.78, 5) is 35.0. The number of hydrogen-bond donors (Lipinski definition) is 3. The van der Waals surface area contributed by atoms with Crippen LogP contribution < -0.4 is 0 Å². The average Bonchev–Trinajstić information content (AvgIpc) is 3.17. The molecule has 3 N–H and O–H groups in total. The fourth-order valence-corrected chi connectivity index (χ4v) is 6.56. The Balaban J connectivity index is 4.31. The Kier molecular flexibility index (Phi) is 38.6. The van der Waals surface area contributed by atoms with Crippen LogP contribution in [0.25, 0.3) is 0 Å². The first-order valence-electron chi connectivity index (χ1n) is 21.6. The molecule has 0 aliphatic rings. The van der Waals surface area contributed by atoms with Crippen LogP contribution >= 0.6 is 7.82 Å². The highest BCUT2D eigenvalue weighted by Gasteiger charge is 2.27. The van der Waals surface area contributed by atoms with E-state index in [0.717, 1.165) is 57.8 Å². The van der Waals surface area contributed by atoms with Crippen molar-refractivity contribution in [3.8, 4) is 0 Å². The molecule has 0 saturated carbocycles. The van der Waals surface area contributed by atoms with Gasteiger partial charge in [-0.05, 0) is 32.1 Å². The van der Waals surface area contributed by atoms with Crippen LogP contribution in [0, 0.1) is 0 Å². The van der Waals surface area contributed by atoms with E-state index in [0.29, 0.717) is 12.8 Å². The average molecular weight is 799 g/mol. The van der Waals surface area contributed by atoms with Crippen molar-refractivity contribution in [2.45, 2.75) is 193 Å². The van der Waals surface area contributed by atoms with E-state index in [2.05, 4.69) is 30.5 Å². The molecule has 10 nitrogen and oxygen atoms in total. The SMILES string of the molecule is CC/C=C/C=C/C=C/C=C/CCCCCCCC(=O)O[C@H](COC(=O)CCCCCCCCCCCCCCCCCCC)COP(=O)(O)OC[C@@H](O)CO. The van der Waals surface area contributed by atoms with Gasteiger partial charge in [0.05, 0.1) is 19.8 Å². The molecule has 0 aromatic heterocycles. The summed E-state index contributed by atoms with van der Waals surface area (Å²) in [6, 6.07) is 0. The lowest BCUT2D eigenvalue weighted by Crippen LogP contribution is -2.29. The van der Waals surface area contributed by atoms with Crippen LogP contribution in [0.4, 0.5) is 0 Å². The van der Waals surface area contributed by atoms with Gasteiger partial charge in [-0.1, -0.05) is 184 Å². The number of aliphatic hydroxyl groups excluding tert-OH is 2. The Labute approximate surface area is 334 Å². The molecule has 0 aliphatic carbocycles. The van der Waals surface area contributed by atoms with Gasteiger partial charge in [-0.25, -0.2) is 4.57 Å². The van der Waals surface area contributed by atoms with Crippen molar-refractivity contribution in [2.75, 3.05) is 26.4 Å². The van der Waals surface area contributed by atoms with E-state index in [-0.39, 0.29) is 19.4 Å². The molecule has 0 radical (unpaired) electrons. The van der Waals surface area contributed by atoms with Gasteiger partial charge in [0, 0.05) is 12.8 Å². The van der Waals surface area contributed by atoms with Gasteiger partial charge < -0.3 is 24.6 Å². The van der Waals surface area contributed by atoms with Crippen LogP contribution in [0.5, 0.6) is 0 Å². The summed E-state index contributed by atoms with van der Waals surface area (Å²) in [5.41, 5.74) is 0. The fraction of sp³-hybridized carbons (Fsp3) is 0.773. The number of aliphatic hydroxyl groups is 2. The third kappa shape index (κ3) is 39.9. The molecule has 0 saturated heterocycles. The van der Waals surface area contributed by atoms with Crippen molar-refractivity contribution in [1.82, 2.24) is 0 Å². The Hall–Kier alpha value is -2.07. The van der Waals surface area contributed by atoms with E-state index in [1.807, 2.05) is 36.5 Å². The lowest BCUT2D eigenvalue weighted by Gasteiger charge is -2.20. The maximum absolute atomic E-state index is 12.6. The number of carbonyl (C=O) groups is 2. The quantitative estimate of drug-likeness (QED) is 0.0237. The topological polar surface area (TPSA) is 149 Å². The van der Waals surface area contributed by atoms with Crippen molar-refractivity contribution in [1.29, 1.82) is 0 Å². The summed E-state index contributed by atoms with van der Waals surface area (Å²) in [6.45, 7) is 2.22. The van der Waals surface area contributed by atoms with Crippen LogP contribution in [0.15, 0.2) is 48.6 Å². The summed E-state index contributed by atoms with van der Waals surface area (Å²) in [7, 11) is -4.62. The van der Waals surface area contributed by atoms with E-state index in [1.165, 1.54) is 83.5 Å². The zero-order valence-electron chi connectivity index (χ0n) is 34.6. The molecule has 0 heterocycles. The van der Waals surface area contributed by atoms with Crippen LogP contribution in [0.1, 0.15) is 181 Å². The molecule has 0 bridgehead atoms. The van der Waals surface area contributed by atoms with Gasteiger partial charge in [-0.15, -0.1) is 0 Å². The van der Waals surface area contributed by atoms with E-state index >= 15 is 0 Å². The van der Waals surface area contributed by atoms with Gasteiger partial charge in [0.2, 0.25) is 0 Å². The first-order chi connectivity index (χ1) is 26.7. The highest BCUT2D eigenvalue weighted by molar-refractivity contribution is 7.47. The molecule has 0 rings (SSSR count). The molecule has 0 aromatic rings. The third-order valence-electron chi connectivity index (χ3n) is 9.09. The minimum absolute atomic E-state index is 0.158. The molecule has 3 atom stereocenters. The molecule has 0 spiro atoms. The summed E-state index contributed by atoms with van der Waals surface area (Å²) >= 11 is 0. The molecular weight excluding hydrogens is 719 g/mol. The Morgan fingerprint density at radius 3 is 1.51 bits per heavy atom. The minimum atomic E-state index is -4.62. The molecule has 0 fully saturated rings. The van der Waals surface area contributed by atoms with E-state index in [4.69, 9.17) is 19.1 Å². The Morgan fingerprint density at radius 2 is 1.00 bits per heavy atom. The summed E-state index contributed by atoms with van der Waals surface area (Å²) in [6.07, 6.45) is 42.2. The van der Waals surface area contributed by atoms with Gasteiger partial charge in [0.1, 0.15) is 12.7 Å². The molecule has 11 heteroatoms. The van der Waals surface area contributed by atoms with Crippen LogP contribution in [0.3, 0.4) is 0 Å². The summed E-state index contributed by atoms with van der Waals surface area (Å²) in [5, 5.41) is 18.3. The normalized spacial score (nSPS) is 14.3. The van der Waals surface area contributed by atoms with Gasteiger partial charge in [0.15, 0.2) is 6.10 Å². The van der Waals surface area contributed by atoms with Gasteiger partial charge in [-0.2, -0.15) is 0 Å². The van der Waals surface area contributed by atoms with Gasteiger partial charge in [0.25, 0.3) is 0 Å². The molecular formula is C44H79O10P. The van der Waals surface area contributed by atoms with Crippen LogP contribution in [0.2, 0.25) is 0 Å². The van der Waals surface area contributed by atoms with E-state index in [9.17, 15) is 24.2 Å². The standard InChI is InChI=1S/C44H79O10P/c1-3-5-7-9-11-13-15-17-19-20-22-23-25-27-29-31-33-35-43(47)51-39-42(40-53-55(49,50)52-38-41(46)37-45)54-44(48)36-34-32-30-28-26-24-21-18-16-14-12-10-8-6-4-2/h6,8,10,12,14,16,18,21,41-42,45-46H,3-5,7,9,11,13,15,17,19-20,22-40H2,1-2H3,(H,49,50)/b8-6+,12-10+,16-14+,21-18+/t41-,42+/m0/s1. The second-order valence-corrected chi connectivity index (χ2v) is 15.9. The molecule has 1 unspecified atom stereocenters. The predicted molar refractivity (Wildman–Crippen MR) is 224 cm³/mol. The Morgan fingerprint density at radius 1 is 0.564 bits per heavy atom. The van der Waals surface area contributed by atoms with Gasteiger partial charge >= 0.3 is 19.8 Å². The van der Waals surface area contributed by atoms with Crippen molar-refractivity contribution in [2.24, 2.45) is 0 Å². The van der Waals surface area contributed by atoms with E-state index in [1.54, 1.807) is 0 Å². The highest BCUT2D eigenvalue weighted by atomic mass is 31.2. The fourth-order valence-electron chi connectivity index (χ4n) is 5.77. The summed E-state index contributed by atoms with van der Waals surface area (Å²) < 4.78 is 32.7. The largest absolute Gasteiger partial charge is 0.472 e. The van der Waals surface area contributed by atoms with E-state index < -0.39 is 51.8 Å². The maximum Gasteiger partial charge on any atom is 0.472 e. The maximum atomic E-state index is 12.6. The number of hydrogen-bond acceptors (Lipinski definition) is 9. The van der Waals surface area contributed by atoms with Crippen molar-refractivity contribution < 1.29 is 47.8 Å². The second-order valence-electron chi connectivity index (χ2n) is 14.4. The van der Waals surface area contributed by atoms with Crippen molar-refractivity contribution in [3.05, 3.63) is 48.6 Å². The number of esters is 2. The number of phosphoric ester groups is 1. The van der Waals surface area contributed by atoms with Crippen molar-refractivity contribution in [3.63, 3.8) is 0 Å². The van der Waals surface area contributed by atoms with Crippen molar-refractivity contribution >= 4 is 19.8 Å². The molecule has 320 valence electrons. The first kappa shape index (κ1) is 52.9.